The topological polar surface area (TPSA) is 139 Å². The van der Waals surface area contributed by atoms with Crippen LogP contribution in [0.25, 0.3) is 11.0 Å². The van der Waals surface area contributed by atoms with E-state index in [9.17, 15) is 15.0 Å². The van der Waals surface area contributed by atoms with Gasteiger partial charge < -0.3 is 20.7 Å². The van der Waals surface area contributed by atoms with Crippen molar-refractivity contribution in [3.8, 4) is 12.0 Å². The Hall–Kier alpha value is -2.25. The van der Waals surface area contributed by atoms with E-state index in [4.69, 9.17) is 10.5 Å². The highest BCUT2D eigenvalue weighted by molar-refractivity contribution is 5.72. The Balaban J connectivity index is 2.13. The largest absolute Gasteiger partial charge is 0.394 e. The number of fused-ring (bicyclic) bond motifs is 1. The van der Waals surface area contributed by atoms with Gasteiger partial charge in [0.05, 0.1) is 24.9 Å². The zero-order chi connectivity index (χ0) is 16.6. The van der Waals surface area contributed by atoms with Gasteiger partial charge in [-0.3, -0.25) is 9.89 Å². The Kier molecular flexibility index (Phi) is 4.14. The van der Waals surface area contributed by atoms with Crippen LogP contribution in [0, 0.1) is 12.0 Å². The van der Waals surface area contributed by atoms with Crippen LogP contribution in [0.3, 0.4) is 0 Å². The SMILES string of the molecule is CC(N)C#Cn1c([C@H]2C[C@H](O)[C@@H](CO)O2)nc2[nH]ncc2c1=O. The number of aliphatic hydroxyl groups excluding tert-OH is 2. The van der Waals surface area contributed by atoms with Gasteiger partial charge in [-0.25, -0.2) is 9.55 Å². The molecule has 1 fully saturated rings. The molecule has 9 nitrogen and oxygen atoms in total. The summed E-state index contributed by atoms with van der Waals surface area (Å²) >= 11 is 0. The maximum atomic E-state index is 12.6. The molecule has 1 aliphatic rings. The molecule has 23 heavy (non-hydrogen) atoms. The fourth-order valence-corrected chi connectivity index (χ4v) is 2.46. The number of rotatable bonds is 2. The molecule has 1 aliphatic heterocycles. The first kappa shape index (κ1) is 15.6. The second-order valence-corrected chi connectivity index (χ2v) is 5.44. The fraction of sp³-hybridized carbons (Fsp3) is 0.500. The lowest BCUT2D eigenvalue weighted by Gasteiger charge is -2.13. The predicted octanol–water partition coefficient (Wildman–Crippen LogP) is -1.54. The highest BCUT2D eigenvalue weighted by atomic mass is 16.5. The van der Waals surface area contributed by atoms with Crippen LogP contribution in [-0.2, 0) is 4.74 Å². The first-order chi connectivity index (χ1) is 11.0. The number of hydrogen-bond acceptors (Lipinski definition) is 7. The third-order valence-electron chi connectivity index (χ3n) is 3.60. The number of nitrogens with zero attached hydrogens (tertiary/aromatic N) is 3. The molecule has 0 bridgehead atoms. The van der Waals surface area contributed by atoms with Crippen LogP contribution in [-0.4, -0.2) is 54.8 Å². The summed E-state index contributed by atoms with van der Waals surface area (Å²) in [6.07, 6.45) is -0.639. The highest BCUT2D eigenvalue weighted by Gasteiger charge is 2.37. The van der Waals surface area contributed by atoms with Crippen molar-refractivity contribution in [1.82, 2.24) is 19.7 Å². The Labute approximate surface area is 131 Å². The van der Waals surface area contributed by atoms with E-state index in [1.807, 2.05) is 0 Å². The van der Waals surface area contributed by atoms with E-state index >= 15 is 0 Å². The lowest BCUT2D eigenvalue weighted by atomic mass is 10.1. The highest BCUT2D eigenvalue weighted by Crippen LogP contribution is 2.31. The van der Waals surface area contributed by atoms with E-state index in [-0.39, 0.29) is 18.9 Å². The van der Waals surface area contributed by atoms with Gasteiger partial charge in [0.25, 0.3) is 5.56 Å². The van der Waals surface area contributed by atoms with Crippen LogP contribution in [0.4, 0.5) is 0 Å². The van der Waals surface area contributed by atoms with Gasteiger partial charge in [0.2, 0.25) is 0 Å². The van der Waals surface area contributed by atoms with Gasteiger partial charge in [-0.2, -0.15) is 5.10 Å². The van der Waals surface area contributed by atoms with Crippen LogP contribution >= 0.6 is 0 Å². The van der Waals surface area contributed by atoms with E-state index in [1.165, 1.54) is 10.8 Å². The number of H-pyrrole nitrogens is 1. The number of ether oxygens (including phenoxy) is 1. The molecular weight excluding hydrogens is 302 g/mol. The third-order valence-corrected chi connectivity index (χ3v) is 3.60. The summed E-state index contributed by atoms with van der Waals surface area (Å²) in [6.45, 7) is 1.37. The minimum absolute atomic E-state index is 0.206. The molecule has 1 saturated heterocycles. The van der Waals surface area contributed by atoms with Crippen molar-refractivity contribution in [2.24, 2.45) is 5.73 Å². The molecular formula is C14H17N5O4. The Morgan fingerprint density at radius 1 is 1.65 bits per heavy atom. The van der Waals surface area contributed by atoms with Crippen molar-refractivity contribution in [3.63, 3.8) is 0 Å². The van der Waals surface area contributed by atoms with E-state index < -0.39 is 29.9 Å². The second-order valence-electron chi connectivity index (χ2n) is 5.44. The lowest BCUT2D eigenvalue weighted by Crippen LogP contribution is -2.26. The average Bonchev–Trinajstić information content (AvgIpc) is 3.12. The number of aromatic amines is 1. The number of nitrogens with one attached hydrogen (secondary N) is 1. The number of nitrogens with two attached hydrogens (primary N) is 1. The first-order valence-corrected chi connectivity index (χ1v) is 7.18. The summed E-state index contributed by atoms with van der Waals surface area (Å²) in [6, 6.07) is 2.27. The van der Waals surface area contributed by atoms with Crippen molar-refractivity contribution in [2.45, 2.75) is 37.7 Å². The van der Waals surface area contributed by atoms with Gasteiger partial charge in [0.15, 0.2) is 11.5 Å². The smallest absolute Gasteiger partial charge is 0.276 e. The molecule has 2 aromatic heterocycles. The van der Waals surface area contributed by atoms with Gasteiger partial charge in [-0.15, -0.1) is 0 Å². The van der Waals surface area contributed by atoms with Crippen molar-refractivity contribution in [1.29, 1.82) is 0 Å². The Morgan fingerprint density at radius 2 is 2.43 bits per heavy atom. The second kappa shape index (κ2) is 6.10. The molecule has 0 spiro atoms. The molecule has 2 aromatic rings. The molecule has 3 heterocycles. The molecule has 9 heteroatoms. The molecule has 0 aliphatic carbocycles. The van der Waals surface area contributed by atoms with Crippen LogP contribution in [0.1, 0.15) is 25.3 Å². The van der Waals surface area contributed by atoms with E-state index in [1.54, 1.807) is 6.92 Å². The summed E-state index contributed by atoms with van der Waals surface area (Å²) < 4.78 is 6.75. The Bertz CT molecular complexity index is 831. The molecule has 4 atom stereocenters. The standard InChI is InChI=1S/C14H17N5O4/c1-7(15)2-3-19-13(10-4-9(21)11(6-20)23-10)17-12-8(14(19)22)5-16-18-12/h5,7,9-11,20-21H,4,6,15H2,1H3,(H,16,18)/t7?,9-,10+,11+/m0/s1. The first-order valence-electron chi connectivity index (χ1n) is 7.18. The molecule has 122 valence electrons. The summed E-state index contributed by atoms with van der Waals surface area (Å²) in [5.41, 5.74) is 5.54. The third kappa shape index (κ3) is 2.85. The zero-order valence-electron chi connectivity index (χ0n) is 12.4. The van der Waals surface area contributed by atoms with Crippen molar-refractivity contribution >= 4 is 11.0 Å². The molecule has 0 radical (unpaired) electrons. The van der Waals surface area contributed by atoms with Gasteiger partial charge in [0.1, 0.15) is 17.6 Å². The quantitative estimate of drug-likeness (QED) is 0.492. The summed E-state index contributed by atoms with van der Waals surface area (Å²) in [7, 11) is 0. The molecule has 0 amide bonds. The molecule has 0 aromatic carbocycles. The van der Waals surface area contributed by atoms with Crippen molar-refractivity contribution < 1.29 is 14.9 Å². The zero-order valence-corrected chi connectivity index (χ0v) is 12.4. The van der Waals surface area contributed by atoms with Crippen LogP contribution in [0.15, 0.2) is 11.0 Å². The molecule has 0 saturated carbocycles. The van der Waals surface area contributed by atoms with E-state index in [0.29, 0.717) is 11.0 Å². The van der Waals surface area contributed by atoms with Crippen LogP contribution in [0.2, 0.25) is 0 Å². The van der Waals surface area contributed by atoms with E-state index in [0.717, 1.165) is 0 Å². The lowest BCUT2D eigenvalue weighted by molar-refractivity contribution is -0.0252. The molecule has 5 N–H and O–H groups in total. The summed E-state index contributed by atoms with van der Waals surface area (Å²) in [5.74, 6) is 2.96. The summed E-state index contributed by atoms with van der Waals surface area (Å²) in [5, 5.41) is 25.8. The van der Waals surface area contributed by atoms with Crippen molar-refractivity contribution in [2.75, 3.05) is 6.61 Å². The summed E-state index contributed by atoms with van der Waals surface area (Å²) in [4.78, 5) is 16.9. The maximum Gasteiger partial charge on any atom is 0.276 e. The fourth-order valence-electron chi connectivity index (χ4n) is 2.46. The number of aliphatic hydroxyl groups is 2. The van der Waals surface area contributed by atoms with Crippen LogP contribution in [0.5, 0.6) is 0 Å². The Morgan fingerprint density at radius 3 is 3.09 bits per heavy atom. The molecule has 1 unspecified atom stereocenters. The van der Waals surface area contributed by atoms with Crippen molar-refractivity contribution in [3.05, 3.63) is 22.4 Å². The normalized spacial score (nSPS) is 25.3. The molecule has 3 rings (SSSR count). The van der Waals surface area contributed by atoms with Crippen LogP contribution < -0.4 is 11.3 Å². The van der Waals surface area contributed by atoms with E-state index in [2.05, 4.69) is 27.1 Å². The van der Waals surface area contributed by atoms with Gasteiger partial charge in [-0.05, 0) is 6.92 Å². The average molecular weight is 319 g/mol. The predicted molar refractivity (Wildman–Crippen MR) is 80.3 cm³/mol. The van der Waals surface area contributed by atoms with Gasteiger partial charge in [0, 0.05) is 12.5 Å². The maximum absolute atomic E-state index is 12.6. The monoisotopic (exact) mass is 319 g/mol. The number of aromatic nitrogens is 4. The van der Waals surface area contributed by atoms with Gasteiger partial charge >= 0.3 is 0 Å². The van der Waals surface area contributed by atoms with Gasteiger partial charge in [-0.1, -0.05) is 5.92 Å². The minimum Gasteiger partial charge on any atom is -0.394 e. The minimum atomic E-state index is -0.839. The number of hydrogen-bond donors (Lipinski definition) is 4.